The van der Waals surface area contributed by atoms with Crippen LogP contribution in [-0.2, 0) is 10.4 Å². The molecule has 38 heavy (non-hydrogen) atoms. The predicted molar refractivity (Wildman–Crippen MR) is 146 cm³/mol. The summed E-state index contributed by atoms with van der Waals surface area (Å²) in [6, 6.07) is 27.2. The fourth-order valence-electron chi connectivity index (χ4n) is 5.78. The highest BCUT2D eigenvalue weighted by Crippen LogP contribution is 2.44. The van der Waals surface area contributed by atoms with Gasteiger partial charge in [-0.3, -0.25) is 4.79 Å². The number of aromatic nitrogens is 1. The quantitative estimate of drug-likeness (QED) is 0.402. The van der Waals surface area contributed by atoms with Crippen LogP contribution in [0.1, 0.15) is 47.7 Å². The van der Waals surface area contributed by atoms with Gasteiger partial charge in [-0.2, -0.15) is 10.5 Å². The Morgan fingerprint density at radius 2 is 1.61 bits per heavy atom. The van der Waals surface area contributed by atoms with Gasteiger partial charge in [-0.25, -0.2) is 4.98 Å². The Morgan fingerprint density at radius 1 is 0.974 bits per heavy atom. The van der Waals surface area contributed by atoms with Crippen LogP contribution in [0.3, 0.4) is 0 Å². The number of rotatable bonds is 4. The zero-order valence-corrected chi connectivity index (χ0v) is 21.5. The Bertz CT molecular complexity index is 1590. The normalized spacial score (nSPS) is 15.4. The number of benzene rings is 3. The van der Waals surface area contributed by atoms with Crippen molar-refractivity contribution in [3.63, 3.8) is 0 Å². The van der Waals surface area contributed by atoms with Gasteiger partial charge < -0.3 is 10.0 Å². The summed E-state index contributed by atoms with van der Waals surface area (Å²) in [5, 5.41) is 33.5. The van der Waals surface area contributed by atoms with Gasteiger partial charge in [0, 0.05) is 31.0 Å². The average Bonchev–Trinajstić information content (AvgIpc) is 2.96. The van der Waals surface area contributed by atoms with E-state index in [1.165, 1.54) is 0 Å². The van der Waals surface area contributed by atoms with Crippen molar-refractivity contribution in [3.8, 4) is 23.3 Å². The second-order valence-electron chi connectivity index (χ2n) is 9.90. The molecule has 1 atom stereocenters. The van der Waals surface area contributed by atoms with Gasteiger partial charge in [-0.15, -0.1) is 0 Å². The van der Waals surface area contributed by atoms with Gasteiger partial charge in [0.1, 0.15) is 23.4 Å². The van der Waals surface area contributed by atoms with E-state index in [0.717, 1.165) is 16.7 Å². The molecule has 6 nitrogen and oxygen atoms in total. The second-order valence-corrected chi connectivity index (χ2v) is 9.90. The Balaban J connectivity index is 1.75. The monoisotopic (exact) mass is 500 g/mol. The highest BCUT2D eigenvalue weighted by molar-refractivity contribution is 5.95. The van der Waals surface area contributed by atoms with Gasteiger partial charge in [-0.1, -0.05) is 66.7 Å². The van der Waals surface area contributed by atoms with E-state index in [9.17, 15) is 20.4 Å². The van der Waals surface area contributed by atoms with Gasteiger partial charge in [0.05, 0.1) is 11.1 Å². The Kier molecular flexibility index (Phi) is 6.68. The molecule has 1 aliphatic heterocycles. The second kappa shape index (κ2) is 10.1. The highest BCUT2D eigenvalue weighted by Gasteiger charge is 2.42. The van der Waals surface area contributed by atoms with Gasteiger partial charge in [-0.05, 0) is 54.0 Å². The average molecular weight is 501 g/mol. The van der Waals surface area contributed by atoms with Crippen LogP contribution in [0, 0.1) is 35.5 Å². The summed E-state index contributed by atoms with van der Waals surface area (Å²) in [5.41, 5.74) is 3.27. The number of piperidine rings is 1. The molecule has 1 N–H and O–H groups in total. The number of aliphatic hydroxyl groups is 1. The number of nitriles is 2. The largest absolute Gasteiger partial charge is 0.380 e. The third-order valence-corrected chi connectivity index (χ3v) is 7.75. The SMILES string of the molecule is CC(=O)N1CCC(C(O)(c2ccccc2)c2cc(C)c3nc(C#N)c(-c4ccccc4)c(C#N)c3c2)CC1. The van der Waals surface area contributed by atoms with E-state index in [4.69, 9.17) is 0 Å². The molecule has 1 unspecified atom stereocenters. The van der Waals surface area contributed by atoms with Crippen molar-refractivity contribution in [2.24, 2.45) is 5.92 Å². The lowest BCUT2D eigenvalue weighted by Gasteiger charge is -2.42. The first kappa shape index (κ1) is 25.1. The molecule has 3 aromatic carbocycles. The summed E-state index contributed by atoms with van der Waals surface area (Å²) in [5.74, 6) is -0.0949. The van der Waals surface area contributed by atoms with Crippen molar-refractivity contribution in [1.82, 2.24) is 9.88 Å². The summed E-state index contributed by atoms with van der Waals surface area (Å²) < 4.78 is 0. The van der Waals surface area contributed by atoms with Crippen molar-refractivity contribution in [2.45, 2.75) is 32.3 Å². The van der Waals surface area contributed by atoms with Gasteiger partial charge in [0.2, 0.25) is 5.91 Å². The first-order valence-corrected chi connectivity index (χ1v) is 12.8. The first-order chi connectivity index (χ1) is 18.4. The molecule has 1 saturated heterocycles. The lowest BCUT2D eigenvalue weighted by Crippen LogP contribution is -2.45. The number of nitrogens with zero attached hydrogens (tertiary/aromatic N) is 4. The van der Waals surface area contributed by atoms with Crippen LogP contribution in [0.25, 0.3) is 22.0 Å². The Hall–Kier alpha value is -4.52. The number of fused-ring (bicyclic) bond motifs is 1. The molecule has 4 aromatic rings. The molecule has 1 aliphatic rings. The maximum Gasteiger partial charge on any atom is 0.219 e. The number of pyridine rings is 1. The molecule has 1 aromatic heterocycles. The maximum atomic E-state index is 12.6. The van der Waals surface area contributed by atoms with Crippen molar-refractivity contribution in [3.05, 3.63) is 101 Å². The van der Waals surface area contributed by atoms with Crippen molar-refractivity contribution < 1.29 is 9.90 Å². The molecule has 1 fully saturated rings. The number of carbonyl (C=O) groups excluding carboxylic acids is 1. The summed E-state index contributed by atoms with van der Waals surface area (Å²) in [7, 11) is 0. The molecular weight excluding hydrogens is 472 g/mol. The van der Waals surface area contributed by atoms with E-state index < -0.39 is 5.60 Å². The van der Waals surface area contributed by atoms with Crippen LogP contribution in [-0.4, -0.2) is 34.0 Å². The topological polar surface area (TPSA) is 101 Å². The third-order valence-electron chi connectivity index (χ3n) is 7.75. The van der Waals surface area contributed by atoms with Crippen LogP contribution in [0.4, 0.5) is 0 Å². The molecule has 6 heteroatoms. The number of hydrogen-bond acceptors (Lipinski definition) is 5. The fraction of sp³-hybridized carbons (Fsp3) is 0.250. The molecule has 0 bridgehead atoms. The molecule has 5 rings (SSSR count). The lowest BCUT2D eigenvalue weighted by atomic mass is 9.71. The van der Waals surface area contributed by atoms with Crippen LogP contribution in [0.5, 0.6) is 0 Å². The number of aryl methyl sites for hydroxylation is 1. The molecular formula is C32H28N4O2. The van der Waals surface area contributed by atoms with E-state index in [1.54, 1.807) is 6.92 Å². The maximum absolute atomic E-state index is 12.6. The summed E-state index contributed by atoms with van der Waals surface area (Å²) in [6.07, 6.45) is 1.29. The highest BCUT2D eigenvalue weighted by atomic mass is 16.3. The number of hydrogen-bond donors (Lipinski definition) is 1. The van der Waals surface area contributed by atoms with Crippen LogP contribution < -0.4 is 0 Å². The van der Waals surface area contributed by atoms with Crippen LogP contribution >= 0.6 is 0 Å². The molecule has 0 spiro atoms. The number of amides is 1. The van der Waals surface area contributed by atoms with Crippen LogP contribution in [0.15, 0.2) is 72.8 Å². The molecule has 2 heterocycles. The van der Waals surface area contributed by atoms with Gasteiger partial charge in [0.15, 0.2) is 0 Å². The minimum absolute atomic E-state index is 0.0414. The van der Waals surface area contributed by atoms with Crippen LogP contribution in [0.2, 0.25) is 0 Å². The van der Waals surface area contributed by atoms with E-state index in [0.29, 0.717) is 53.5 Å². The van der Waals surface area contributed by atoms with Crippen molar-refractivity contribution >= 4 is 16.8 Å². The minimum Gasteiger partial charge on any atom is -0.380 e. The Labute approximate surface area is 222 Å². The molecule has 0 radical (unpaired) electrons. The molecule has 1 amide bonds. The zero-order valence-electron chi connectivity index (χ0n) is 21.5. The van der Waals surface area contributed by atoms with Crippen molar-refractivity contribution in [2.75, 3.05) is 13.1 Å². The number of carbonyl (C=O) groups is 1. The minimum atomic E-state index is -1.34. The van der Waals surface area contributed by atoms with E-state index in [1.807, 2.05) is 84.6 Å². The number of likely N-dealkylation sites (tertiary alicyclic amines) is 1. The van der Waals surface area contributed by atoms with E-state index in [2.05, 4.69) is 17.1 Å². The lowest BCUT2D eigenvalue weighted by molar-refractivity contribution is -0.131. The third kappa shape index (κ3) is 4.20. The first-order valence-electron chi connectivity index (χ1n) is 12.8. The van der Waals surface area contributed by atoms with E-state index >= 15 is 0 Å². The van der Waals surface area contributed by atoms with Crippen molar-refractivity contribution in [1.29, 1.82) is 10.5 Å². The fourth-order valence-corrected chi connectivity index (χ4v) is 5.78. The molecule has 0 saturated carbocycles. The smallest absolute Gasteiger partial charge is 0.219 e. The van der Waals surface area contributed by atoms with Gasteiger partial charge in [0.25, 0.3) is 0 Å². The zero-order chi connectivity index (χ0) is 26.9. The standard InChI is InChI=1S/C32H28N4O2/c1-21-17-26(32(38,24-11-7-4-8-12-24)25-13-15-36(16-14-25)22(2)37)18-27-28(19-33)30(23-9-5-3-6-10-23)29(20-34)35-31(21)27/h3-12,17-18,25,38H,13-16H2,1-2H3. The Morgan fingerprint density at radius 3 is 2.18 bits per heavy atom. The predicted octanol–water partition coefficient (Wildman–Crippen LogP) is 5.45. The van der Waals surface area contributed by atoms with Gasteiger partial charge >= 0.3 is 0 Å². The molecule has 188 valence electrons. The summed E-state index contributed by atoms with van der Waals surface area (Å²) in [6.45, 7) is 4.63. The van der Waals surface area contributed by atoms with E-state index in [-0.39, 0.29) is 17.5 Å². The molecule has 0 aliphatic carbocycles. The summed E-state index contributed by atoms with van der Waals surface area (Å²) >= 11 is 0. The summed E-state index contributed by atoms with van der Waals surface area (Å²) in [4.78, 5) is 18.5.